The predicted molar refractivity (Wildman–Crippen MR) is 123 cm³/mol. The first-order valence-corrected chi connectivity index (χ1v) is 11.7. The van der Waals surface area contributed by atoms with Crippen molar-refractivity contribution in [2.24, 2.45) is 0 Å². The molecule has 0 fully saturated rings. The van der Waals surface area contributed by atoms with Gasteiger partial charge in [-0.2, -0.15) is 0 Å². The highest BCUT2D eigenvalue weighted by Crippen LogP contribution is 2.37. The molecule has 160 valence electrons. The van der Waals surface area contributed by atoms with Crippen LogP contribution in [0.1, 0.15) is 25.0 Å². The Balaban J connectivity index is 1.38. The molecule has 0 unspecified atom stereocenters. The summed E-state index contributed by atoms with van der Waals surface area (Å²) in [5.41, 5.74) is 5.67. The van der Waals surface area contributed by atoms with Gasteiger partial charge < -0.3 is 10.1 Å². The number of sulfonamides is 1. The zero-order chi connectivity index (χ0) is 22.0. The molecule has 2 N–H and O–H groups in total. The van der Waals surface area contributed by atoms with Gasteiger partial charge in [-0.15, -0.1) is 0 Å². The highest BCUT2D eigenvalue weighted by Gasteiger charge is 2.20. The van der Waals surface area contributed by atoms with Crippen LogP contribution in [0.3, 0.4) is 0 Å². The molecule has 1 aliphatic rings. The third kappa shape index (κ3) is 5.06. The molecular weight excluding hydrogens is 412 g/mol. The minimum absolute atomic E-state index is 0.0274. The molecule has 0 atom stereocenters. The third-order valence-corrected chi connectivity index (χ3v) is 6.09. The van der Waals surface area contributed by atoms with Crippen molar-refractivity contribution in [2.75, 3.05) is 15.8 Å². The molecule has 3 aromatic rings. The second-order valence-electron chi connectivity index (χ2n) is 7.81. The van der Waals surface area contributed by atoms with Crippen molar-refractivity contribution >= 4 is 27.3 Å². The van der Waals surface area contributed by atoms with Crippen molar-refractivity contribution in [1.29, 1.82) is 0 Å². The number of nitrogens with one attached hydrogen (secondary N) is 2. The lowest BCUT2D eigenvalue weighted by molar-refractivity contribution is -0.113. The fourth-order valence-electron chi connectivity index (χ4n) is 3.68. The SMILES string of the molecule is CC(C)Oc1ccc(NS(=O)(=O)CC(=O)Nc2ccc3c(c2)Cc2ccccc2-3)cc1. The highest BCUT2D eigenvalue weighted by atomic mass is 32.2. The average molecular weight is 437 g/mol. The number of carbonyl (C=O) groups excluding carboxylic acids is 1. The number of amides is 1. The minimum atomic E-state index is -3.85. The first-order valence-electron chi connectivity index (χ1n) is 10.1. The van der Waals surface area contributed by atoms with Gasteiger partial charge in [0.25, 0.3) is 0 Å². The molecule has 0 aliphatic heterocycles. The summed E-state index contributed by atoms with van der Waals surface area (Å²) in [4.78, 5) is 12.4. The Bertz CT molecular complexity index is 1220. The van der Waals surface area contributed by atoms with Gasteiger partial charge in [0.2, 0.25) is 15.9 Å². The molecule has 1 amide bonds. The zero-order valence-electron chi connectivity index (χ0n) is 17.4. The number of ether oxygens (including phenoxy) is 1. The fourth-order valence-corrected chi connectivity index (χ4v) is 4.67. The molecule has 0 saturated carbocycles. The van der Waals surface area contributed by atoms with Crippen molar-refractivity contribution in [3.8, 4) is 16.9 Å². The van der Waals surface area contributed by atoms with Gasteiger partial charge in [-0.3, -0.25) is 9.52 Å². The minimum Gasteiger partial charge on any atom is -0.491 e. The summed E-state index contributed by atoms with van der Waals surface area (Å²) in [6.07, 6.45) is 0.825. The van der Waals surface area contributed by atoms with Gasteiger partial charge in [-0.1, -0.05) is 30.3 Å². The quantitative estimate of drug-likeness (QED) is 0.449. The van der Waals surface area contributed by atoms with E-state index in [1.807, 2.05) is 38.1 Å². The van der Waals surface area contributed by atoms with E-state index in [0.29, 0.717) is 17.1 Å². The van der Waals surface area contributed by atoms with Crippen LogP contribution in [0.25, 0.3) is 11.1 Å². The van der Waals surface area contributed by atoms with Crippen molar-refractivity contribution < 1.29 is 17.9 Å². The summed E-state index contributed by atoms with van der Waals surface area (Å²) in [6, 6.07) is 20.4. The Hall–Kier alpha value is -3.32. The first-order chi connectivity index (χ1) is 14.8. The van der Waals surface area contributed by atoms with E-state index in [1.54, 1.807) is 30.3 Å². The summed E-state index contributed by atoms with van der Waals surface area (Å²) in [5.74, 6) is -0.619. The number of benzene rings is 3. The maximum atomic E-state index is 12.4. The largest absolute Gasteiger partial charge is 0.491 e. The Labute approximate surface area is 182 Å². The molecule has 0 heterocycles. The lowest BCUT2D eigenvalue weighted by Gasteiger charge is -2.12. The van der Waals surface area contributed by atoms with E-state index in [-0.39, 0.29) is 6.10 Å². The van der Waals surface area contributed by atoms with Gasteiger partial charge in [0.05, 0.1) is 6.10 Å². The molecule has 0 aromatic heterocycles. The van der Waals surface area contributed by atoms with Crippen LogP contribution >= 0.6 is 0 Å². The molecule has 0 bridgehead atoms. The number of carbonyl (C=O) groups is 1. The molecule has 7 heteroatoms. The van der Waals surface area contributed by atoms with Crippen LogP contribution in [0.2, 0.25) is 0 Å². The van der Waals surface area contributed by atoms with Crippen molar-refractivity contribution in [3.63, 3.8) is 0 Å². The van der Waals surface area contributed by atoms with Gasteiger partial charge in [0, 0.05) is 11.4 Å². The van der Waals surface area contributed by atoms with E-state index in [9.17, 15) is 13.2 Å². The maximum absolute atomic E-state index is 12.4. The summed E-state index contributed by atoms with van der Waals surface area (Å²) in [6.45, 7) is 3.82. The molecule has 6 nitrogen and oxygen atoms in total. The maximum Gasteiger partial charge on any atom is 0.241 e. The molecule has 1 aliphatic carbocycles. The number of hydrogen-bond donors (Lipinski definition) is 2. The van der Waals surface area contributed by atoms with E-state index < -0.39 is 21.7 Å². The first kappa shape index (κ1) is 20.9. The standard InChI is InChI=1S/C24H24N2O4S/c1-16(2)30-21-10-7-19(8-11-21)26-31(28,29)15-24(27)25-20-9-12-23-18(14-20)13-17-5-3-4-6-22(17)23/h3-12,14,16,26H,13,15H2,1-2H3,(H,25,27). The van der Waals surface area contributed by atoms with Gasteiger partial charge in [-0.05, 0) is 78.9 Å². The monoisotopic (exact) mass is 436 g/mol. The zero-order valence-corrected chi connectivity index (χ0v) is 18.2. The Morgan fingerprint density at radius 2 is 1.61 bits per heavy atom. The van der Waals surface area contributed by atoms with E-state index in [4.69, 9.17) is 4.74 Å². The Morgan fingerprint density at radius 1 is 0.935 bits per heavy atom. The van der Waals surface area contributed by atoms with Crippen LogP contribution in [0, 0.1) is 0 Å². The lowest BCUT2D eigenvalue weighted by Crippen LogP contribution is -2.27. The highest BCUT2D eigenvalue weighted by molar-refractivity contribution is 7.93. The van der Waals surface area contributed by atoms with Crippen molar-refractivity contribution in [3.05, 3.63) is 77.9 Å². The van der Waals surface area contributed by atoms with Crippen LogP contribution < -0.4 is 14.8 Å². The van der Waals surface area contributed by atoms with Crippen LogP contribution in [-0.2, 0) is 21.2 Å². The second-order valence-corrected chi connectivity index (χ2v) is 9.53. The van der Waals surface area contributed by atoms with Gasteiger partial charge >= 0.3 is 0 Å². The number of fused-ring (bicyclic) bond motifs is 3. The molecule has 4 rings (SSSR count). The van der Waals surface area contributed by atoms with E-state index in [0.717, 1.165) is 17.5 Å². The predicted octanol–water partition coefficient (Wildman–Crippen LogP) is 4.43. The Kier molecular flexibility index (Phi) is 5.69. The van der Waals surface area contributed by atoms with E-state index in [1.165, 1.54) is 11.1 Å². The van der Waals surface area contributed by atoms with Crippen LogP contribution in [0.5, 0.6) is 5.75 Å². The van der Waals surface area contributed by atoms with Gasteiger partial charge in [0.1, 0.15) is 11.5 Å². The van der Waals surface area contributed by atoms with E-state index >= 15 is 0 Å². The topological polar surface area (TPSA) is 84.5 Å². The van der Waals surface area contributed by atoms with Crippen molar-refractivity contribution in [2.45, 2.75) is 26.4 Å². The van der Waals surface area contributed by atoms with Crippen molar-refractivity contribution in [1.82, 2.24) is 0 Å². The summed E-state index contributed by atoms with van der Waals surface area (Å²) in [5, 5.41) is 2.69. The van der Waals surface area contributed by atoms with Crippen LogP contribution in [-0.4, -0.2) is 26.2 Å². The number of anilines is 2. The molecule has 3 aromatic carbocycles. The average Bonchev–Trinajstić information content (AvgIpc) is 3.06. The number of rotatable bonds is 7. The van der Waals surface area contributed by atoms with Gasteiger partial charge in [-0.25, -0.2) is 8.42 Å². The summed E-state index contributed by atoms with van der Waals surface area (Å²) >= 11 is 0. The second kappa shape index (κ2) is 8.43. The summed E-state index contributed by atoms with van der Waals surface area (Å²) in [7, 11) is -3.85. The lowest BCUT2D eigenvalue weighted by atomic mass is 10.1. The molecule has 0 saturated heterocycles. The Morgan fingerprint density at radius 3 is 2.35 bits per heavy atom. The fraction of sp³-hybridized carbons (Fsp3) is 0.208. The third-order valence-electron chi connectivity index (χ3n) is 4.90. The van der Waals surface area contributed by atoms with Gasteiger partial charge in [0.15, 0.2) is 0 Å². The normalized spacial score (nSPS) is 12.2. The smallest absolute Gasteiger partial charge is 0.241 e. The van der Waals surface area contributed by atoms with E-state index in [2.05, 4.69) is 22.2 Å². The molecule has 0 spiro atoms. The molecule has 0 radical (unpaired) electrons. The van der Waals surface area contributed by atoms with Crippen LogP contribution in [0.4, 0.5) is 11.4 Å². The molecule has 31 heavy (non-hydrogen) atoms. The van der Waals surface area contributed by atoms with Crippen LogP contribution in [0.15, 0.2) is 66.7 Å². The summed E-state index contributed by atoms with van der Waals surface area (Å²) < 4.78 is 32.8. The molecular formula is C24H24N2O4S. The number of hydrogen-bond acceptors (Lipinski definition) is 4.